The van der Waals surface area contributed by atoms with Crippen LogP contribution in [0.5, 0.6) is 0 Å². The molecule has 5 nitrogen and oxygen atoms in total. The van der Waals surface area contributed by atoms with Crippen molar-refractivity contribution in [1.29, 1.82) is 0 Å². The number of carbonyl (C=O) groups excluding carboxylic acids is 2. The fourth-order valence-electron chi connectivity index (χ4n) is 3.33. The van der Waals surface area contributed by atoms with Gasteiger partial charge in [0.15, 0.2) is 0 Å². The van der Waals surface area contributed by atoms with Crippen LogP contribution in [-0.2, 0) is 10.3 Å². The van der Waals surface area contributed by atoms with Crippen molar-refractivity contribution in [1.82, 2.24) is 9.80 Å². The maximum absolute atomic E-state index is 13.0. The van der Waals surface area contributed by atoms with Gasteiger partial charge in [-0.25, -0.2) is 0 Å². The molecule has 0 spiro atoms. The SMILES string of the molecule is CC(N)(C(=O)N1CCCN(C(=O)c2ccc(Cl)cc2)CC1)c1ccccc1.Cl. The second-order valence-corrected chi connectivity index (χ2v) is 7.45. The Morgan fingerprint density at radius 3 is 2.14 bits per heavy atom. The average molecular weight is 422 g/mol. The molecule has 7 heteroatoms. The van der Waals surface area contributed by atoms with Crippen LogP contribution in [0.15, 0.2) is 54.6 Å². The molecule has 0 aliphatic carbocycles. The van der Waals surface area contributed by atoms with Gasteiger partial charge in [0.2, 0.25) is 5.91 Å². The van der Waals surface area contributed by atoms with Gasteiger partial charge in [0, 0.05) is 36.8 Å². The number of benzene rings is 2. The number of nitrogens with zero attached hydrogens (tertiary/aromatic N) is 2. The molecule has 1 atom stereocenters. The van der Waals surface area contributed by atoms with Gasteiger partial charge in [-0.1, -0.05) is 41.9 Å². The van der Waals surface area contributed by atoms with Crippen LogP contribution >= 0.6 is 24.0 Å². The van der Waals surface area contributed by atoms with Crippen molar-refractivity contribution >= 4 is 35.8 Å². The summed E-state index contributed by atoms with van der Waals surface area (Å²) >= 11 is 5.89. The highest BCUT2D eigenvalue weighted by atomic mass is 35.5. The highest BCUT2D eigenvalue weighted by Crippen LogP contribution is 2.21. The van der Waals surface area contributed by atoms with Crippen LogP contribution in [0.3, 0.4) is 0 Å². The summed E-state index contributed by atoms with van der Waals surface area (Å²) in [5.74, 6) is -0.158. The molecular weight excluding hydrogens is 397 g/mol. The fourth-order valence-corrected chi connectivity index (χ4v) is 3.46. The molecule has 1 heterocycles. The fraction of sp³-hybridized carbons (Fsp3) is 0.333. The van der Waals surface area contributed by atoms with Gasteiger partial charge in [-0.2, -0.15) is 0 Å². The summed E-state index contributed by atoms with van der Waals surface area (Å²) in [6.07, 6.45) is 0.718. The average Bonchev–Trinajstić information content (AvgIpc) is 2.94. The second-order valence-electron chi connectivity index (χ2n) is 7.01. The van der Waals surface area contributed by atoms with Crippen molar-refractivity contribution < 1.29 is 9.59 Å². The minimum atomic E-state index is -1.09. The Kier molecular flexibility index (Phi) is 7.47. The number of hydrogen-bond acceptors (Lipinski definition) is 3. The molecule has 1 saturated heterocycles. The summed E-state index contributed by atoms with van der Waals surface area (Å²) in [6, 6.07) is 16.3. The third kappa shape index (κ3) is 4.85. The molecule has 2 amide bonds. The lowest BCUT2D eigenvalue weighted by molar-refractivity contribution is -0.136. The molecule has 28 heavy (non-hydrogen) atoms. The molecule has 0 aromatic heterocycles. The molecule has 1 unspecified atom stereocenters. The number of carbonyl (C=O) groups is 2. The number of halogens is 2. The maximum Gasteiger partial charge on any atom is 0.253 e. The number of nitrogens with two attached hydrogens (primary N) is 1. The van der Waals surface area contributed by atoms with Gasteiger partial charge in [-0.15, -0.1) is 12.4 Å². The van der Waals surface area contributed by atoms with E-state index in [1.807, 2.05) is 30.3 Å². The van der Waals surface area contributed by atoms with Gasteiger partial charge in [0.1, 0.15) is 5.54 Å². The molecule has 1 fully saturated rings. The first-order chi connectivity index (χ1) is 12.9. The molecule has 2 aromatic carbocycles. The molecular formula is C21H25Cl2N3O2. The van der Waals surface area contributed by atoms with E-state index < -0.39 is 5.54 Å². The normalized spacial score (nSPS) is 16.5. The molecule has 3 rings (SSSR count). The quantitative estimate of drug-likeness (QED) is 0.826. The van der Waals surface area contributed by atoms with E-state index in [0.29, 0.717) is 36.8 Å². The van der Waals surface area contributed by atoms with Crippen molar-refractivity contribution in [2.75, 3.05) is 26.2 Å². The first-order valence-corrected chi connectivity index (χ1v) is 9.46. The van der Waals surface area contributed by atoms with Gasteiger partial charge >= 0.3 is 0 Å². The van der Waals surface area contributed by atoms with Crippen molar-refractivity contribution in [2.24, 2.45) is 5.73 Å². The zero-order chi connectivity index (χ0) is 19.4. The van der Waals surface area contributed by atoms with Gasteiger partial charge in [0.25, 0.3) is 5.91 Å². The zero-order valence-corrected chi connectivity index (χ0v) is 17.4. The lowest BCUT2D eigenvalue weighted by Crippen LogP contribution is -2.51. The lowest BCUT2D eigenvalue weighted by Gasteiger charge is -2.31. The first-order valence-electron chi connectivity index (χ1n) is 9.08. The van der Waals surface area contributed by atoms with Crippen molar-refractivity contribution in [3.05, 3.63) is 70.7 Å². The smallest absolute Gasteiger partial charge is 0.253 e. The Morgan fingerprint density at radius 2 is 1.50 bits per heavy atom. The van der Waals surface area contributed by atoms with Crippen molar-refractivity contribution in [3.8, 4) is 0 Å². The third-order valence-corrected chi connectivity index (χ3v) is 5.23. The summed E-state index contributed by atoms with van der Waals surface area (Å²) in [6.45, 7) is 3.89. The number of amides is 2. The predicted octanol–water partition coefficient (Wildman–Crippen LogP) is 3.31. The Morgan fingerprint density at radius 1 is 0.929 bits per heavy atom. The van der Waals surface area contributed by atoms with Crippen LogP contribution in [0.2, 0.25) is 5.02 Å². The summed E-state index contributed by atoms with van der Waals surface area (Å²) in [5, 5.41) is 0.599. The lowest BCUT2D eigenvalue weighted by atomic mass is 9.91. The Labute approximate surface area is 176 Å². The Balaban J connectivity index is 0.00000280. The standard InChI is InChI=1S/C21H24ClN3O2.ClH/c1-21(23,17-6-3-2-4-7-17)20(27)25-13-5-12-24(14-15-25)19(26)16-8-10-18(22)11-9-16;/h2-4,6-11H,5,12-15,23H2,1H3;1H. The summed E-state index contributed by atoms with van der Waals surface area (Å²) in [4.78, 5) is 29.3. The molecule has 1 aliphatic heterocycles. The molecule has 0 radical (unpaired) electrons. The summed E-state index contributed by atoms with van der Waals surface area (Å²) in [5.41, 5.74) is 6.68. The van der Waals surface area contributed by atoms with Crippen LogP contribution < -0.4 is 5.73 Å². The van der Waals surface area contributed by atoms with Crippen LogP contribution in [0.25, 0.3) is 0 Å². The molecule has 0 bridgehead atoms. The van der Waals surface area contributed by atoms with E-state index >= 15 is 0 Å². The van der Waals surface area contributed by atoms with Crippen LogP contribution in [0.4, 0.5) is 0 Å². The summed E-state index contributed by atoms with van der Waals surface area (Å²) < 4.78 is 0. The van der Waals surface area contributed by atoms with E-state index in [4.69, 9.17) is 17.3 Å². The van der Waals surface area contributed by atoms with Crippen LogP contribution in [0, 0.1) is 0 Å². The van der Waals surface area contributed by atoms with Gasteiger partial charge in [-0.3, -0.25) is 9.59 Å². The van der Waals surface area contributed by atoms with Gasteiger partial charge < -0.3 is 15.5 Å². The van der Waals surface area contributed by atoms with Crippen LogP contribution in [0.1, 0.15) is 29.3 Å². The zero-order valence-electron chi connectivity index (χ0n) is 15.8. The minimum absolute atomic E-state index is 0. The van der Waals surface area contributed by atoms with Crippen molar-refractivity contribution in [2.45, 2.75) is 18.9 Å². The maximum atomic E-state index is 13.0. The van der Waals surface area contributed by atoms with E-state index in [1.165, 1.54) is 0 Å². The van der Waals surface area contributed by atoms with Gasteiger partial charge in [-0.05, 0) is 43.2 Å². The largest absolute Gasteiger partial charge is 0.339 e. The number of rotatable bonds is 3. The Bertz CT molecular complexity index is 810. The minimum Gasteiger partial charge on any atom is -0.339 e. The number of hydrogen-bond donors (Lipinski definition) is 1. The van der Waals surface area contributed by atoms with Gasteiger partial charge in [0.05, 0.1) is 0 Å². The molecule has 0 saturated carbocycles. The highest BCUT2D eigenvalue weighted by molar-refractivity contribution is 6.30. The second kappa shape index (κ2) is 9.41. The topological polar surface area (TPSA) is 66.6 Å². The molecule has 2 aromatic rings. The van der Waals surface area contributed by atoms with E-state index in [2.05, 4.69) is 0 Å². The van der Waals surface area contributed by atoms with Crippen molar-refractivity contribution in [3.63, 3.8) is 0 Å². The molecule has 2 N–H and O–H groups in total. The Hall–Kier alpha value is -2.08. The predicted molar refractivity (Wildman–Crippen MR) is 114 cm³/mol. The highest BCUT2D eigenvalue weighted by Gasteiger charge is 2.35. The van der Waals surface area contributed by atoms with E-state index in [-0.39, 0.29) is 24.2 Å². The third-order valence-electron chi connectivity index (χ3n) is 4.98. The monoisotopic (exact) mass is 421 g/mol. The molecule has 1 aliphatic rings. The van der Waals surface area contributed by atoms with E-state index in [1.54, 1.807) is 41.0 Å². The summed E-state index contributed by atoms with van der Waals surface area (Å²) in [7, 11) is 0. The van der Waals surface area contributed by atoms with E-state index in [0.717, 1.165) is 12.0 Å². The first kappa shape index (κ1) is 22.2. The molecule has 150 valence electrons. The van der Waals surface area contributed by atoms with E-state index in [9.17, 15) is 9.59 Å². The van der Waals surface area contributed by atoms with Crippen LogP contribution in [-0.4, -0.2) is 47.8 Å².